The van der Waals surface area contributed by atoms with Gasteiger partial charge in [-0.3, -0.25) is 4.79 Å². The van der Waals surface area contributed by atoms with E-state index in [9.17, 15) is 9.90 Å². The first-order valence-electron chi connectivity index (χ1n) is 12.6. The van der Waals surface area contributed by atoms with Crippen molar-refractivity contribution >= 4 is 28.9 Å². The number of hydrogen-bond acceptors (Lipinski definition) is 8. The minimum atomic E-state index is -0.313. The number of H-pyrrole nitrogens is 1. The Morgan fingerprint density at radius 2 is 2.03 bits per heavy atom. The molecular formula is C27H31N7O2S. The molecule has 9 nitrogen and oxygen atoms in total. The molecule has 0 saturated heterocycles. The van der Waals surface area contributed by atoms with Crippen LogP contribution in [0.25, 0.3) is 10.6 Å². The van der Waals surface area contributed by atoms with Crippen molar-refractivity contribution in [2.24, 2.45) is 5.92 Å². The number of carbonyl (C=O) groups excluding carboxylic acids is 1. The number of aromatic nitrogens is 5. The van der Waals surface area contributed by atoms with Gasteiger partial charge < -0.3 is 20.7 Å². The summed E-state index contributed by atoms with van der Waals surface area (Å²) in [6.45, 7) is 1.93. The van der Waals surface area contributed by atoms with Gasteiger partial charge in [-0.05, 0) is 62.4 Å². The van der Waals surface area contributed by atoms with Gasteiger partial charge in [0.05, 0.1) is 34.6 Å². The van der Waals surface area contributed by atoms with Gasteiger partial charge in [-0.2, -0.15) is 0 Å². The molecule has 0 spiro atoms. The van der Waals surface area contributed by atoms with Crippen molar-refractivity contribution in [3.63, 3.8) is 0 Å². The smallest absolute Gasteiger partial charge is 0.223 e. The number of aliphatic hydroxyl groups excluding tert-OH is 1. The van der Waals surface area contributed by atoms with Crippen LogP contribution in [0, 0.1) is 12.8 Å². The van der Waals surface area contributed by atoms with E-state index in [1.54, 1.807) is 30.1 Å². The third-order valence-corrected chi connectivity index (χ3v) is 7.91. The van der Waals surface area contributed by atoms with E-state index in [0.29, 0.717) is 12.3 Å². The van der Waals surface area contributed by atoms with Crippen LogP contribution in [-0.2, 0) is 11.2 Å². The average molecular weight is 518 g/mol. The van der Waals surface area contributed by atoms with E-state index >= 15 is 0 Å². The maximum Gasteiger partial charge on any atom is 0.223 e. The zero-order valence-corrected chi connectivity index (χ0v) is 21.5. The van der Waals surface area contributed by atoms with E-state index in [2.05, 4.69) is 25.6 Å². The summed E-state index contributed by atoms with van der Waals surface area (Å²) in [5, 5.41) is 17.1. The van der Waals surface area contributed by atoms with Gasteiger partial charge in [0.15, 0.2) is 0 Å². The number of hydrogen-bond donors (Lipinski definition) is 4. The highest BCUT2D eigenvalue weighted by Gasteiger charge is 2.29. The lowest BCUT2D eigenvalue weighted by molar-refractivity contribution is -0.127. The van der Waals surface area contributed by atoms with Gasteiger partial charge in [-0.15, -0.1) is 11.3 Å². The molecule has 0 aromatic carbocycles. The molecule has 1 atom stereocenters. The second-order valence-corrected chi connectivity index (χ2v) is 10.6. The third-order valence-electron chi connectivity index (χ3n) is 6.73. The summed E-state index contributed by atoms with van der Waals surface area (Å²) in [5.74, 6) is 1.84. The van der Waals surface area contributed by atoms with Crippen LogP contribution in [0.3, 0.4) is 0 Å². The number of aromatic amines is 1. The number of anilines is 2. The molecular weight excluding hydrogens is 486 g/mol. The third kappa shape index (κ3) is 6.39. The Kier molecular flexibility index (Phi) is 7.86. The SMILES string of the molecule is Cc1ccnc(Nc2cccc(-c3cnc([C@H]4CC[C@H](C(=O)N[C@H](CO)Cc5cnc[nH]5)CC4)s3)n2)c1. The Morgan fingerprint density at radius 3 is 2.78 bits per heavy atom. The van der Waals surface area contributed by atoms with E-state index < -0.39 is 0 Å². The van der Waals surface area contributed by atoms with E-state index in [0.717, 1.165) is 64.2 Å². The number of carbonyl (C=O) groups is 1. The van der Waals surface area contributed by atoms with Crippen LogP contribution in [0.1, 0.15) is 47.9 Å². The molecule has 0 bridgehead atoms. The van der Waals surface area contributed by atoms with Crippen molar-refractivity contribution in [3.05, 3.63) is 71.5 Å². The first-order valence-corrected chi connectivity index (χ1v) is 13.4. The fraction of sp³-hybridized carbons (Fsp3) is 0.370. The average Bonchev–Trinajstić information content (AvgIpc) is 3.61. The fourth-order valence-electron chi connectivity index (χ4n) is 4.72. The van der Waals surface area contributed by atoms with Crippen LogP contribution in [-0.4, -0.2) is 48.6 Å². The van der Waals surface area contributed by atoms with Gasteiger partial charge in [0.1, 0.15) is 11.6 Å². The number of nitrogens with zero attached hydrogens (tertiary/aromatic N) is 4. The predicted octanol–water partition coefficient (Wildman–Crippen LogP) is 4.37. The van der Waals surface area contributed by atoms with Crippen LogP contribution in [0.2, 0.25) is 0 Å². The predicted molar refractivity (Wildman–Crippen MR) is 144 cm³/mol. The van der Waals surface area contributed by atoms with Crippen LogP contribution in [0.5, 0.6) is 0 Å². The highest BCUT2D eigenvalue weighted by Crippen LogP contribution is 2.39. The normalized spacial score (nSPS) is 18.3. The molecule has 1 saturated carbocycles. The van der Waals surface area contributed by atoms with Gasteiger partial charge in [0.25, 0.3) is 0 Å². The summed E-state index contributed by atoms with van der Waals surface area (Å²) >= 11 is 1.68. The molecule has 1 aliphatic rings. The minimum absolute atomic E-state index is 0.0217. The molecule has 0 aliphatic heterocycles. The number of imidazole rings is 1. The first kappa shape index (κ1) is 25.0. The molecule has 192 valence electrons. The van der Waals surface area contributed by atoms with Gasteiger partial charge in [-0.1, -0.05) is 6.07 Å². The van der Waals surface area contributed by atoms with Gasteiger partial charge in [0.2, 0.25) is 5.91 Å². The summed E-state index contributed by atoms with van der Waals surface area (Å²) in [6.07, 6.45) is 11.0. The molecule has 4 aromatic heterocycles. The molecule has 37 heavy (non-hydrogen) atoms. The number of rotatable bonds is 9. The Morgan fingerprint density at radius 1 is 1.16 bits per heavy atom. The molecule has 4 aromatic rings. The Bertz CT molecular complexity index is 1320. The van der Waals surface area contributed by atoms with Crippen LogP contribution in [0.4, 0.5) is 11.6 Å². The number of nitrogens with one attached hydrogen (secondary N) is 3. The number of thiazole rings is 1. The number of aliphatic hydroxyl groups is 1. The van der Waals surface area contributed by atoms with E-state index in [4.69, 9.17) is 9.97 Å². The lowest BCUT2D eigenvalue weighted by atomic mass is 9.81. The maximum atomic E-state index is 12.8. The molecule has 5 rings (SSSR count). The van der Waals surface area contributed by atoms with Crippen molar-refractivity contribution < 1.29 is 9.90 Å². The van der Waals surface area contributed by atoms with Gasteiger partial charge >= 0.3 is 0 Å². The molecule has 0 radical (unpaired) electrons. The van der Waals surface area contributed by atoms with Gasteiger partial charge in [0, 0.05) is 42.5 Å². The molecule has 0 unspecified atom stereocenters. The summed E-state index contributed by atoms with van der Waals surface area (Å²) in [7, 11) is 0. The van der Waals surface area contributed by atoms with Crippen molar-refractivity contribution in [2.45, 2.75) is 51.0 Å². The zero-order valence-electron chi connectivity index (χ0n) is 20.7. The quantitative estimate of drug-likeness (QED) is 0.259. The van der Waals surface area contributed by atoms with E-state index in [1.807, 2.05) is 43.5 Å². The van der Waals surface area contributed by atoms with Crippen LogP contribution < -0.4 is 10.6 Å². The second-order valence-electron chi connectivity index (χ2n) is 9.53. The molecule has 1 aliphatic carbocycles. The van der Waals surface area contributed by atoms with Crippen molar-refractivity contribution in [1.29, 1.82) is 0 Å². The minimum Gasteiger partial charge on any atom is -0.394 e. The molecule has 1 amide bonds. The lowest BCUT2D eigenvalue weighted by Crippen LogP contribution is -2.43. The summed E-state index contributed by atoms with van der Waals surface area (Å²) in [5.41, 5.74) is 2.90. The van der Waals surface area contributed by atoms with Crippen LogP contribution in [0.15, 0.2) is 55.2 Å². The Balaban J connectivity index is 1.16. The highest BCUT2D eigenvalue weighted by atomic mass is 32.1. The molecule has 4 heterocycles. The molecule has 10 heteroatoms. The molecule has 4 N–H and O–H groups in total. The lowest BCUT2D eigenvalue weighted by Gasteiger charge is -2.28. The number of aryl methyl sites for hydroxylation is 1. The van der Waals surface area contributed by atoms with Crippen molar-refractivity contribution in [1.82, 2.24) is 30.2 Å². The fourth-order valence-corrected chi connectivity index (χ4v) is 5.77. The summed E-state index contributed by atoms with van der Waals surface area (Å²) in [6, 6.07) is 9.54. The van der Waals surface area contributed by atoms with E-state index in [-0.39, 0.29) is 24.5 Å². The maximum absolute atomic E-state index is 12.8. The second kappa shape index (κ2) is 11.6. The molecule has 1 fully saturated rings. The van der Waals surface area contributed by atoms with Crippen molar-refractivity contribution in [2.75, 3.05) is 11.9 Å². The first-order chi connectivity index (χ1) is 18.1. The zero-order chi connectivity index (χ0) is 25.6. The monoisotopic (exact) mass is 517 g/mol. The highest BCUT2D eigenvalue weighted by molar-refractivity contribution is 7.15. The number of pyridine rings is 2. The van der Waals surface area contributed by atoms with Gasteiger partial charge in [-0.25, -0.2) is 19.9 Å². The summed E-state index contributed by atoms with van der Waals surface area (Å²) in [4.78, 5) is 34.7. The van der Waals surface area contributed by atoms with E-state index in [1.165, 1.54) is 0 Å². The van der Waals surface area contributed by atoms with Crippen LogP contribution >= 0.6 is 11.3 Å². The largest absolute Gasteiger partial charge is 0.394 e. The standard InChI is InChI=1S/C27H31N7O2S/c1-17-9-10-29-25(11-17)34-24-4-2-3-22(33-24)23-14-30-27(37-23)19-7-5-18(6-8-19)26(36)32-21(15-35)12-20-13-28-16-31-20/h2-4,9-11,13-14,16,18-19,21,35H,5-8,12,15H2,1H3,(H,28,31)(H,32,36)(H,29,33,34)/t18-,19-,21-/m0/s1. The number of amides is 1. The Hall–Kier alpha value is -3.63. The summed E-state index contributed by atoms with van der Waals surface area (Å²) < 4.78 is 0. The Labute approximate surface area is 219 Å². The topological polar surface area (TPSA) is 129 Å². The van der Waals surface area contributed by atoms with Crippen molar-refractivity contribution in [3.8, 4) is 10.6 Å².